The van der Waals surface area contributed by atoms with E-state index in [0.717, 1.165) is 29.7 Å². The number of hydrogen-bond donors (Lipinski definition) is 2. The number of aryl methyl sites for hydroxylation is 2. The number of isothiocyanates is 1. The maximum atomic E-state index is 12.6. The molecule has 0 aliphatic rings. The molecule has 0 aliphatic heterocycles. The molecule has 2 N–H and O–H groups in total. The van der Waals surface area contributed by atoms with Crippen molar-refractivity contribution < 1.29 is 35.8 Å². The molecule has 4 aromatic rings. The van der Waals surface area contributed by atoms with E-state index in [2.05, 4.69) is 75.5 Å². The predicted octanol–water partition coefficient (Wildman–Crippen LogP) is 8.98. The van der Waals surface area contributed by atoms with Gasteiger partial charge in [-0.25, -0.2) is 19.6 Å². The fourth-order valence-corrected chi connectivity index (χ4v) is 3.84. The molecular weight excluding hydrogens is 785 g/mol. The van der Waals surface area contributed by atoms with Crippen molar-refractivity contribution in [1.29, 1.82) is 0 Å². The van der Waals surface area contributed by atoms with Gasteiger partial charge in [-0.15, -0.1) is 10.2 Å². The Morgan fingerprint density at radius 3 is 1.94 bits per heavy atom. The molecule has 47 heavy (non-hydrogen) atoms. The summed E-state index contributed by atoms with van der Waals surface area (Å²) in [5, 5.41) is 16.0. The average Bonchev–Trinajstić information content (AvgIpc) is 3.57. The minimum absolute atomic E-state index is 0.0878. The lowest BCUT2D eigenvalue weighted by Gasteiger charge is -2.08. The molecule has 4 rings (SSSR count). The Balaban J connectivity index is 0.000000284. The first-order valence-electron chi connectivity index (χ1n) is 12.4. The number of thiocarbonyl (C=S) groups is 2. The Hall–Kier alpha value is -3.61. The van der Waals surface area contributed by atoms with E-state index in [0.29, 0.717) is 18.1 Å². The van der Waals surface area contributed by atoms with Crippen LogP contribution in [-0.2, 0) is 12.4 Å². The number of aliphatic imine (C=N–C) groups is 1. The lowest BCUT2D eigenvalue weighted by molar-refractivity contribution is -0.138. The summed E-state index contributed by atoms with van der Waals surface area (Å²) in [6, 6.07) is 4.59. The number of aromatic nitrogens is 6. The van der Waals surface area contributed by atoms with E-state index in [1.165, 1.54) is 16.9 Å². The van der Waals surface area contributed by atoms with E-state index in [9.17, 15) is 26.3 Å². The first-order chi connectivity index (χ1) is 22.0. The summed E-state index contributed by atoms with van der Waals surface area (Å²) in [5.41, 5.74) is -0.513. The van der Waals surface area contributed by atoms with Crippen molar-refractivity contribution >= 4 is 73.8 Å². The summed E-state index contributed by atoms with van der Waals surface area (Å²) in [5.74, 6) is -0.0467. The zero-order valence-electron chi connectivity index (χ0n) is 23.9. The van der Waals surface area contributed by atoms with Crippen molar-refractivity contribution in [2.24, 2.45) is 4.99 Å². The molecule has 21 heteroatoms. The molecular formula is C26H21BrCl2F6N8O2S2. The highest BCUT2D eigenvalue weighted by molar-refractivity contribution is 9.09. The predicted molar refractivity (Wildman–Crippen MR) is 174 cm³/mol. The second-order valence-electron chi connectivity index (χ2n) is 8.46. The number of pyridine rings is 2. The number of halogens is 9. The minimum atomic E-state index is -4.53. The van der Waals surface area contributed by atoms with Crippen LogP contribution in [0.15, 0.2) is 54.4 Å². The van der Waals surface area contributed by atoms with Crippen LogP contribution in [0.4, 0.5) is 26.3 Å². The SMILES string of the molecule is C=CNC(=S)n1nc(Oc2ncc(C(F)(F)F)cc2Cl)cc1C.Cc1cc(Oc2ncc(C(F)(F)F)cc2Cl)n[nH]1.S=C=NCCBr. The average molecular weight is 806 g/mol. The van der Waals surface area contributed by atoms with Crippen LogP contribution >= 0.6 is 63.6 Å². The number of ether oxygens (including phenoxy) is 2. The van der Waals surface area contributed by atoms with Crippen LogP contribution < -0.4 is 14.8 Å². The molecule has 0 radical (unpaired) electrons. The number of H-pyrrole nitrogens is 1. The van der Waals surface area contributed by atoms with Gasteiger partial charge in [0.05, 0.1) is 22.8 Å². The third-order valence-electron chi connectivity index (χ3n) is 4.90. The summed E-state index contributed by atoms with van der Waals surface area (Å²) in [4.78, 5) is 10.7. The molecule has 0 bridgehead atoms. The summed E-state index contributed by atoms with van der Waals surface area (Å²) < 4.78 is 86.6. The van der Waals surface area contributed by atoms with Crippen molar-refractivity contribution in [2.45, 2.75) is 26.2 Å². The maximum Gasteiger partial charge on any atom is 0.417 e. The standard InChI is InChI=1S/C13H10ClF3N4OS.C10H7ClF3N3O.C3H4BrNS/c1-3-18-12(23)21-7(2)4-10(20-21)22-11-9(14)5-8(6-19-11)13(15,16)17;1-5-2-8(17-16-5)18-9-7(11)3-6(4-15-9)10(12,13)14;4-1-2-5-3-6/h3-6H,1H2,2H3,(H,18,23);2-4H,1H3,(H,16,17);1-2H2. The van der Waals surface area contributed by atoms with Crippen LogP contribution in [0.3, 0.4) is 0 Å². The van der Waals surface area contributed by atoms with Crippen LogP contribution in [0.2, 0.25) is 10.0 Å². The fourth-order valence-electron chi connectivity index (χ4n) is 2.89. The van der Waals surface area contributed by atoms with Gasteiger partial charge < -0.3 is 14.8 Å². The summed E-state index contributed by atoms with van der Waals surface area (Å²) in [7, 11) is 0. The Morgan fingerprint density at radius 1 is 1.02 bits per heavy atom. The van der Waals surface area contributed by atoms with Crippen LogP contribution in [0.5, 0.6) is 23.5 Å². The summed E-state index contributed by atoms with van der Waals surface area (Å²) in [6.45, 7) is 7.69. The molecule has 252 valence electrons. The third kappa shape index (κ3) is 12.8. The molecule has 0 atom stereocenters. The molecule has 0 saturated carbocycles. The zero-order valence-corrected chi connectivity index (χ0v) is 28.6. The van der Waals surface area contributed by atoms with E-state index in [-0.39, 0.29) is 38.7 Å². The van der Waals surface area contributed by atoms with Gasteiger partial charge in [-0.3, -0.25) is 5.10 Å². The quantitative estimate of drug-likeness (QED) is 0.0818. The van der Waals surface area contributed by atoms with E-state index < -0.39 is 23.5 Å². The van der Waals surface area contributed by atoms with Gasteiger partial charge in [0, 0.05) is 41.2 Å². The molecule has 0 fully saturated rings. The molecule has 0 saturated heterocycles. The topological polar surface area (TPSA) is 115 Å². The zero-order chi connectivity index (χ0) is 35.4. The first kappa shape index (κ1) is 39.6. The highest BCUT2D eigenvalue weighted by Gasteiger charge is 2.32. The lowest BCUT2D eigenvalue weighted by atomic mass is 10.3. The van der Waals surface area contributed by atoms with Gasteiger partial charge in [-0.2, -0.15) is 26.3 Å². The van der Waals surface area contributed by atoms with Crippen molar-refractivity contribution in [3.63, 3.8) is 0 Å². The Bertz CT molecular complexity index is 1730. The van der Waals surface area contributed by atoms with E-state index in [1.807, 2.05) is 0 Å². The fraction of sp³-hybridized carbons (Fsp3) is 0.231. The highest BCUT2D eigenvalue weighted by atomic mass is 79.9. The van der Waals surface area contributed by atoms with Crippen LogP contribution in [-0.4, -0.2) is 52.1 Å². The lowest BCUT2D eigenvalue weighted by Crippen LogP contribution is -2.25. The van der Waals surface area contributed by atoms with Gasteiger partial charge in [-0.05, 0) is 56.6 Å². The molecule has 0 aliphatic carbocycles. The van der Waals surface area contributed by atoms with Crippen molar-refractivity contribution in [3.05, 3.63) is 82.0 Å². The molecule has 4 aromatic heterocycles. The van der Waals surface area contributed by atoms with Gasteiger partial charge in [0.15, 0.2) is 5.11 Å². The van der Waals surface area contributed by atoms with Gasteiger partial charge in [0.25, 0.3) is 0 Å². The molecule has 0 spiro atoms. The Morgan fingerprint density at radius 2 is 1.55 bits per heavy atom. The van der Waals surface area contributed by atoms with Gasteiger partial charge in [0.1, 0.15) is 10.0 Å². The number of rotatable bonds is 7. The number of aromatic amines is 1. The highest BCUT2D eigenvalue weighted by Crippen LogP contribution is 2.35. The monoisotopic (exact) mass is 804 g/mol. The van der Waals surface area contributed by atoms with Gasteiger partial charge in [-0.1, -0.05) is 45.7 Å². The second kappa shape index (κ2) is 18.1. The minimum Gasteiger partial charge on any atom is -0.417 e. The Kier molecular flexibility index (Phi) is 15.2. The normalized spacial score (nSPS) is 10.8. The largest absolute Gasteiger partial charge is 0.417 e. The summed E-state index contributed by atoms with van der Waals surface area (Å²) >= 11 is 24.0. The second-order valence-corrected chi connectivity index (χ2v) is 10.6. The van der Waals surface area contributed by atoms with Crippen LogP contribution in [0.1, 0.15) is 22.5 Å². The van der Waals surface area contributed by atoms with Crippen LogP contribution in [0, 0.1) is 13.8 Å². The van der Waals surface area contributed by atoms with Crippen molar-refractivity contribution in [1.82, 2.24) is 35.3 Å². The first-order valence-corrected chi connectivity index (χ1v) is 15.1. The van der Waals surface area contributed by atoms with E-state index in [1.54, 1.807) is 19.9 Å². The number of alkyl halides is 7. The molecule has 0 aromatic carbocycles. The number of nitrogens with one attached hydrogen (secondary N) is 2. The maximum absolute atomic E-state index is 12.6. The Labute approximate surface area is 292 Å². The van der Waals surface area contributed by atoms with E-state index in [4.69, 9.17) is 44.9 Å². The van der Waals surface area contributed by atoms with Crippen molar-refractivity contribution in [2.75, 3.05) is 11.9 Å². The third-order valence-corrected chi connectivity index (χ3v) is 6.21. The molecule has 0 amide bonds. The van der Waals surface area contributed by atoms with Gasteiger partial charge in [0.2, 0.25) is 23.5 Å². The number of hydrogen-bond acceptors (Lipinski definition) is 9. The molecule has 0 unspecified atom stereocenters. The van der Waals surface area contributed by atoms with E-state index >= 15 is 0 Å². The summed E-state index contributed by atoms with van der Waals surface area (Å²) in [6.07, 6.45) is -6.35. The van der Waals surface area contributed by atoms with Crippen LogP contribution in [0.25, 0.3) is 0 Å². The number of nitrogens with zero attached hydrogens (tertiary/aromatic N) is 6. The molecule has 4 heterocycles. The van der Waals surface area contributed by atoms with Crippen molar-refractivity contribution in [3.8, 4) is 23.5 Å². The molecule has 10 nitrogen and oxygen atoms in total. The van der Waals surface area contributed by atoms with Gasteiger partial charge >= 0.3 is 12.4 Å². The smallest absolute Gasteiger partial charge is 0.417 e.